The van der Waals surface area contributed by atoms with Crippen LogP contribution in [0.25, 0.3) is 10.1 Å². The van der Waals surface area contributed by atoms with Crippen molar-refractivity contribution in [3.63, 3.8) is 0 Å². The van der Waals surface area contributed by atoms with Gasteiger partial charge in [-0.2, -0.15) is 0 Å². The second-order valence-electron chi connectivity index (χ2n) is 5.13. The van der Waals surface area contributed by atoms with Gasteiger partial charge in [-0.25, -0.2) is 0 Å². The van der Waals surface area contributed by atoms with Gasteiger partial charge in [-0.1, -0.05) is 17.7 Å². The molecule has 3 rings (SSSR count). The molecule has 0 spiro atoms. The molecular weight excluding hydrogens is 266 g/mol. The van der Waals surface area contributed by atoms with E-state index in [1.54, 1.807) is 11.3 Å². The predicted octanol–water partition coefficient (Wildman–Crippen LogP) is 3.47. The van der Waals surface area contributed by atoms with Crippen LogP contribution in [0.4, 0.5) is 0 Å². The minimum atomic E-state index is -0.650. The van der Waals surface area contributed by atoms with Crippen LogP contribution in [0, 0.1) is 0 Å². The molecule has 18 heavy (non-hydrogen) atoms. The van der Waals surface area contributed by atoms with E-state index in [1.807, 2.05) is 18.2 Å². The Kier molecular flexibility index (Phi) is 3.10. The molecule has 1 fully saturated rings. The normalized spacial score (nSPS) is 20.4. The van der Waals surface area contributed by atoms with E-state index in [9.17, 15) is 5.11 Å². The fourth-order valence-electron chi connectivity index (χ4n) is 2.47. The highest BCUT2D eigenvalue weighted by molar-refractivity contribution is 7.19. The van der Waals surface area contributed by atoms with Gasteiger partial charge in [0.15, 0.2) is 0 Å². The first-order chi connectivity index (χ1) is 8.57. The molecule has 0 amide bonds. The van der Waals surface area contributed by atoms with Crippen LogP contribution in [0.5, 0.6) is 0 Å². The smallest absolute Gasteiger partial charge is 0.101 e. The van der Waals surface area contributed by atoms with E-state index < -0.39 is 5.60 Å². The van der Waals surface area contributed by atoms with Crippen LogP contribution >= 0.6 is 22.9 Å². The van der Waals surface area contributed by atoms with Gasteiger partial charge < -0.3 is 10.0 Å². The van der Waals surface area contributed by atoms with Crippen LogP contribution in [-0.4, -0.2) is 30.1 Å². The average Bonchev–Trinajstić information content (AvgIpc) is 2.77. The van der Waals surface area contributed by atoms with Crippen molar-refractivity contribution in [2.75, 3.05) is 20.1 Å². The Morgan fingerprint density at radius 2 is 2.00 bits per heavy atom. The van der Waals surface area contributed by atoms with Crippen molar-refractivity contribution in [3.8, 4) is 0 Å². The summed E-state index contributed by atoms with van der Waals surface area (Å²) in [6.07, 6.45) is 1.62. The van der Waals surface area contributed by atoms with Gasteiger partial charge in [0.25, 0.3) is 0 Å². The summed E-state index contributed by atoms with van der Waals surface area (Å²) in [5.41, 5.74) is -0.650. The number of fused-ring (bicyclic) bond motifs is 1. The number of benzene rings is 1. The number of piperidine rings is 1. The van der Waals surface area contributed by atoms with E-state index in [2.05, 4.69) is 18.0 Å². The van der Waals surface area contributed by atoms with Crippen LogP contribution < -0.4 is 0 Å². The molecule has 96 valence electrons. The fraction of sp³-hybridized carbons (Fsp3) is 0.429. The zero-order chi connectivity index (χ0) is 12.8. The van der Waals surface area contributed by atoms with Gasteiger partial charge in [-0.05, 0) is 43.5 Å². The highest BCUT2D eigenvalue weighted by Gasteiger charge is 2.34. The summed E-state index contributed by atoms with van der Waals surface area (Å²) < 4.78 is 1.16. The second kappa shape index (κ2) is 4.49. The van der Waals surface area contributed by atoms with E-state index in [4.69, 9.17) is 11.6 Å². The molecular formula is C14H16ClNOS. The third kappa shape index (κ3) is 2.16. The summed E-state index contributed by atoms with van der Waals surface area (Å²) >= 11 is 7.67. The zero-order valence-corrected chi connectivity index (χ0v) is 11.9. The maximum atomic E-state index is 10.8. The standard InChI is InChI=1S/C14H16ClNOS/c1-16-6-4-14(17,5-7-16)13-8-10-2-3-11(15)9-12(10)18-13/h2-3,8-9,17H,4-7H2,1H3. The molecule has 1 aromatic heterocycles. The average molecular weight is 282 g/mol. The SMILES string of the molecule is CN1CCC(O)(c2cc3ccc(Cl)cc3s2)CC1. The number of thiophene rings is 1. The molecule has 0 saturated carbocycles. The van der Waals surface area contributed by atoms with Gasteiger partial charge in [-0.15, -0.1) is 11.3 Å². The quantitative estimate of drug-likeness (QED) is 0.865. The number of hydrogen-bond donors (Lipinski definition) is 1. The molecule has 1 aliphatic rings. The van der Waals surface area contributed by atoms with Crippen LogP contribution in [0.15, 0.2) is 24.3 Å². The Hall–Kier alpha value is -0.610. The van der Waals surface area contributed by atoms with Gasteiger partial charge in [0.2, 0.25) is 0 Å². The Balaban J connectivity index is 1.98. The van der Waals surface area contributed by atoms with Crippen molar-refractivity contribution in [2.24, 2.45) is 0 Å². The summed E-state index contributed by atoms with van der Waals surface area (Å²) in [6, 6.07) is 8.01. The molecule has 1 aromatic carbocycles. The lowest BCUT2D eigenvalue weighted by molar-refractivity contribution is -0.0171. The van der Waals surface area contributed by atoms with Crippen molar-refractivity contribution >= 4 is 33.0 Å². The van der Waals surface area contributed by atoms with Gasteiger partial charge in [-0.3, -0.25) is 0 Å². The predicted molar refractivity (Wildman–Crippen MR) is 77.5 cm³/mol. The highest BCUT2D eigenvalue weighted by Crippen LogP contribution is 2.39. The maximum absolute atomic E-state index is 10.8. The van der Waals surface area contributed by atoms with E-state index in [1.165, 1.54) is 5.39 Å². The van der Waals surface area contributed by atoms with E-state index >= 15 is 0 Å². The molecule has 2 nitrogen and oxygen atoms in total. The third-order valence-electron chi connectivity index (χ3n) is 3.75. The molecule has 1 N–H and O–H groups in total. The molecule has 0 aliphatic carbocycles. The first-order valence-corrected chi connectivity index (χ1v) is 7.37. The topological polar surface area (TPSA) is 23.5 Å². The molecule has 0 bridgehead atoms. The number of likely N-dealkylation sites (tertiary alicyclic amines) is 1. The third-order valence-corrected chi connectivity index (χ3v) is 5.28. The summed E-state index contributed by atoms with van der Waals surface area (Å²) in [4.78, 5) is 3.34. The van der Waals surface area contributed by atoms with E-state index in [0.29, 0.717) is 0 Å². The second-order valence-corrected chi connectivity index (χ2v) is 6.65. The van der Waals surface area contributed by atoms with Crippen molar-refractivity contribution in [2.45, 2.75) is 18.4 Å². The number of halogens is 1. The van der Waals surface area contributed by atoms with Crippen molar-refractivity contribution in [1.29, 1.82) is 0 Å². The minimum Gasteiger partial charge on any atom is -0.384 e. The first kappa shape index (κ1) is 12.4. The lowest BCUT2D eigenvalue weighted by Crippen LogP contribution is -2.40. The Morgan fingerprint density at radius 1 is 1.28 bits per heavy atom. The molecule has 1 aliphatic heterocycles. The summed E-state index contributed by atoms with van der Waals surface area (Å²) in [6.45, 7) is 1.90. The largest absolute Gasteiger partial charge is 0.384 e. The van der Waals surface area contributed by atoms with Crippen LogP contribution in [0.3, 0.4) is 0 Å². The molecule has 2 heterocycles. The molecule has 4 heteroatoms. The number of aliphatic hydroxyl groups is 1. The number of hydrogen-bond acceptors (Lipinski definition) is 3. The van der Waals surface area contributed by atoms with Crippen molar-refractivity contribution < 1.29 is 5.11 Å². The highest BCUT2D eigenvalue weighted by atomic mass is 35.5. The molecule has 0 radical (unpaired) electrons. The number of rotatable bonds is 1. The number of nitrogens with zero attached hydrogens (tertiary/aromatic N) is 1. The minimum absolute atomic E-state index is 0.650. The summed E-state index contributed by atoms with van der Waals surface area (Å²) in [7, 11) is 2.10. The van der Waals surface area contributed by atoms with Crippen LogP contribution in [0.2, 0.25) is 5.02 Å². The summed E-state index contributed by atoms with van der Waals surface area (Å²) in [5, 5.41) is 12.7. The zero-order valence-electron chi connectivity index (χ0n) is 10.3. The van der Waals surface area contributed by atoms with Gasteiger partial charge in [0, 0.05) is 27.7 Å². The van der Waals surface area contributed by atoms with Crippen LogP contribution in [-0.2, 0) is 5.60 Å². The van der Waals surface area contributed by atoms with Gasteiger partial charge in [0.1, 0.15) is 5.60 Å². The lowest BCUT2D eigenvalue weighted by atomic mass is 9.90. The first-order valence-electron chi connectivity index (χ1n) is 6.17. The maximum Gasteiger partial charge on any atom is 0.101 e. The summed E-state index contributed by atoms with van der Waals surface area (Å²) in [5.74, 6) is 0. The van der Waals surface area contributed by atoms with Gasteiger partial charge in [0.05, 0.1) is 0 Å². The molecule has 0 unspecified atom stereocenters. The molecule has 1 saturated heterocycles. The molecule has 2 aromatic rings. The Labute approximate surface area is 116 Å². The Bertz CT molecular complexity index is 572. The van der Waals surface area contributed by atoms with E-state index in [-0.39, 0.29) is 0 Å². The van der Waals surface area contributed by atoms with Crippen molar-refractivity contribution in [3.05, 3.63) is 34.2 Å². The van der Waals surface area contributed by atoms with Crippen molar-refractivity contribution in [1.82, 2.24) is 4.90 Å². The lowest BCUT2D eigenvalue weighted by Gasteiger charge is -2.35. The monoisotopic (exact) mass is 281 g/mol. The molecule has 0 atom stereocenters. The van der Waals surface area contributed by atoms with Gasteiger partial charge >= 0.3 is 0 Å². The fourth-order valence-corrected chi connectivity index (χ4v) is 3.95. The Morgan fingerprint density at radius 3 is 2.72 bits per heavy atom. The van der Waals surface area contributed by atoms with Crippen LogP contribution in [0.1, 0.15) is 17.7 Å². The van der Waals surface area contributed by atoms with E-state index in [0.717, 1.165) is 40.5 Å².